The number of halogens is 4. The number of carbonyl (C=O) groups excluding carboxylic acids is 2. The molecule has 0 heterocycles. The molecule has 1 N–H and O–H groups in total. The van der Waals surface area contributed by atoms with Gasteiger partial charge in [-0.25, -0.2) is 8.42 Å². The van der Waals surface area contributed by atoms with Crippen LogP contribution in [0.1, 0.15) is 36.8 Å². The topological polar surface area (TPSA) is 86.8 Å². The van der Waals surface area contributed by atoms with E-state index in [1.165, 1.54) is 35.2 Å². The van der Waals surface area contributed by atoms with Crippen molar-refractivity contribution in [2.45, 2.75) is 55.6 Å². The Labute approximate surface area is 295 Å². The molecule has 1 saturated carbocycles. The van der Waals surface area contributed by atoms with Gasteiger partial charge in [-0.2, -0.15) is 0 Å². The first-order chi connectivity index (χ1) is 22.5. The summed E-state index contributed by atoms with van der Waals surface area (Å²) in [5, 5.41) is 4.08. The molecule has 47 heavy (non-hydrogen) atoms. The summed E-state index contributed by atoms with van der Waals surface area (Å²) < 4.78 is 29.3. The number of rotatable bonds is 12. The number of benzene rings is 4. The van der Waals surface area contributed by atoms with Gasteiger partial charge in [-0.1, -0.05) is 114 Å². The number of amides is 2. The van der Waals surface area contributed by atoms with Crippen LogP contribution >= 0.6 is 46.4 Å². The molecule has 2 amide bonds. The van der Waals surface area contributed by atoms with E-state index in [1.807, 2.05) is 30.3 Å². The molecular weight excluding hydrogens is 700 g/mol. The quantitative estimate of drug-likeness (QED) is 0.159. The minimum atomic E-state index is -4.33. The second-order valence-corrected chi connectivity index (χ2v) is 14.9. The smallest absolute Gasteiger partial charge is 0.264 e. The Kier molecular flexibility index (Phi) is 11.7. The summed E-state index contributed by atoms with van der Waals surface area (Å²) in [7, 11) is -4.33. The number of nitrogens with one attached hydrogen (secondary N) is 1. The third kappa shape index (κ3) is 8.80. The molecule has 7 nitrogen and oxygen atoms in total. The van der Waals surface area contributed by atoms with E-state index >= 15 is 0 Å². The summed E-state index contributed by atoms with van der Waals surface area (Å²) in [6, 6.07) is 25.5. The van der Waals surface area contributed by atoms with Gasteiger partial charge in [0.15, 0.2) is 0 Å². The zero-order valence-electron chi connectivity index (χ0n) is 25.3. The minimum absolute atomic E-state index is 0.0112. The molecule has 1 aliphatic rings. The zero-order chi connectivity index (χ0) is 33.6. The Hall–Kier alpha value is -3.27. The Morgan fingerprint density at radius 1 is 0.766 bits per heavy atom. The first kappa shape index (κ1) is 35.0. The van der Waals surface area contributed by atoms with Crippen molar-refractivity contribution in [1.82, 2.24) is 10.2 Å². The van der Waals surface area contributed by atoms with Gasteiger partial charge in [0.2, 0.25) is 11.8 Å². The molecule has 246 valence electrons. The molecule has 12 heteroatoms. The lowest BCUT2D eigenvalue weighted by Gasteiger charge is -2.34. The van der Waals surface area contributed by atoms with Crippen molar-refractivity contribution >= 4 is 73.9 Å². The van der Waals surface area contributed by atoms with E-state index in [4.69, 9.17) is 46.4 Å². The fourth-order valence-corrected chi connectivity index (χ4v) is 7.87. The highest BCUT2D eigenvalue weighted by atomic mass is 35.5. The second kappa shape index (κ2) is 15.8. The predicted molar refractivity (Wildman–Crippen MR) is 189 cm³/mol. The zero-order valence-corrected chi connectivity index (χ0v) is 29.1. The molecule has 0 saturated heterocycles. The Bertz CT molecular complexity index is 1820. The number of hydrogen-bond acceptors (Lipinski definition) is 4. The molecule has 4 aromatic carbocycles. The van der Waals surface area contributed by atoms with Crippen LogP contribution in [0.15, 0.2) is 102 Å². The molecule has 0 unspecified atom stereocenters. The Morgan fingerprint density at radius 2 is 1.40 bits per heavy atom. The van der Waals surface area contributed by atoms with E-state index in [1.54, 1.807) is 36.4 Å². The van der Waals surface area contributed by atoms with Gasteiger partial charge >= 0.3 is 0 Å². The molecular formula is C35H33Cl4N3O4S. The van der Waals surface area contributed by atoms with Gasteiger partial charge in [-0.3, -0.25) is 13.9 Å². The maximum Gasteiger partial charge on any atom is 0.264 e. The van der Waals surface area contributed by atoms with Gasteiger partial charge in [-0.15, -0.1) is 0 Å². The van der Waals surface area contributed by atoms with E-state index in [-0.39, 0.29) is 50.6 Å². The van der Waals surface area contributed by atoms with Crippen molar-refractivity contribution in [3.05, 3.63) is 128 Å². The third-order valence-corrected chi connectivity index (χ3v) is 11.2. The third-order valence-electron chi connectivity index (χ3n) is 8.10. The van der Waals surface area contributed by atoms with E-state index in [2.05, 4.69) is 5.32 Å². The van der Waals surface area contributed by atoms with Crippen molar-refractivity contribution in [1.29, 1.82) is 0 Å². The van der Waals surface area contributed by atoms with E-state index in [9.17, 15) is 18.0 Å². The molecule has 0 bridgehead atoms. The van der Waals surface area contributed by atoms with E-state index < -0.39 is 28.5 Å². The fraction of sp³-hybridized carbons (Fsp3) is 0.257. The van der Waals surface area contributed by atoms with Gasteiger partial charge in [-0.05, 0) is 66.4 Å². The first-order valence-electron chi connectivity index (χ1n) is 15.1. The normalized spacial score (nSPS) is 14.0. The summed E-state index contributed by atoms with van der Waals surface area (Å²) in [4.78, 5) is 30.1. The molecule has 0 spiro atoms. The van der Waals surface area contributed by atoms with Crippen molar-refractivity contribution in [3.63, 3.8) is 0 Å². The lowest BCUT2D eigenvalue weighted by molar-refractivity contribution is -0.140. The summed E-state index contributed by atoms with van der Waals surface area (Å²) in [5.74, 6) is -0.957. The van der Waals surface area contributed by atoms with Crippen LogP contribution in [-0.4, -0.2) is 43.8 Å². The van der Waals surface area contributed by atoms with Crippen molar-refractivity contribution < 1.29 is 18.0 Å². The lowest BCUT2D eigenvalue weighted by Crippen LogP contribution is -2.54. The lowest BCUT2D eigenvalue weighted by atomic mass is 10.0. The van der Waals surface area contributed by atoms with Crippen LogP contribution in [0, 0.1) is 0 Å². The number of hydrogen-bond donors (Lipinski definition) is 1. The van der Waals surface area contributed by atoms with Crippen molar-refractivity contribution in [2.24, 2.45) is 0 Å². The molecule has 1 atom stereocenters. The van der Waals surface area contributed by atoms with Gasteiger partial charge in [0.05, 0.1) is 25.7 Å². The Balaban J connectivity index is 1.60. The van der Waals surface area contributed by atoms with Crippen LogP contribution in [0.2, 0.25) is 20.1 Å². The van der Waals surface area contributed by atoms with Crippen molar-refractivity contribution in [3.8, 4) is 0 Å². The molecule has 4 aromatic rings. The standard InChI is InChI=1S/C35H33Cl4N3O4S/c36-26-16-18-30(38)32(21-26)42(47(45,46)28-13-5-2-6-14-28)23-34(43)41(22-25-15-17-29(37)31(39)19-25)33(20-24-9-3-1-4-10-24)35(44)40-27-11-7-8-12-27/h1-6,9-10,13-19,21,27,33H,7-8,11-12,20,22-23H2,(H,40,44)/t33-/m0/s1. The maximum absolute atomic E-state index is 14.6. The van der Waals surface area contributed by atoms with Gasteiger partial charge in [0, 0.05) is 24.0 Å². The predicted octanol–water partition coefficient (Wildman–Crippen LogP) is 8.19. The highest BCUT2D eigenvalue weighted by Crippen LogP contribution is 2.34. The van der Waals surface area contributed by atoms with Gasteiger partial charge in [0.1, 0.15) is 12.6 Å². The Morgan fingerprint density at radius 3 is 2.06 bits per heavy atom. The summed E-state index contributed by atoms with van der Waals surface area (Å²) >= 11 is 25.4. The van der Waals surface area contributed by atoms with Crippen molar-refractivity contribution in [2.75, 3.05) is 10.8 Å². The number of nitrogens with zero attached hydrogens (tertiary/aromatic N) is 2. The van der Waals surface area contributed by atoms with Gasteiger partial charge in [0.25, 0.3) is 10.0 Å². The summed E-state index contributed by atoms with van der Waals surface area (Å²) in [5.41, 5.74) is 1.47. The van der Waals surface area contributed by atoms with Crippen LogP contribution in [0.4, 0.5) is 5.69 Å². The highest BCUT2D eigenvalue weighted by Gasteiger charge is 2.36. The highest BCUT2D eigenvalue weighted by molar-refractivity contribution is 7.92. The summed E-state index contributed by atoms with van der Waals surface area (Å²) in [6.07, 6.45) is 3.90. The molecule has 1 aliphatic carbocycles. The van der Waals surface area contributed by atoms with Crippen LogP contribution < -0.4 is 9.62 Å². The molecule has 0 radical (unpaired) electrons. The molecule has 5 rings (SSSR count). The van der Waals surface area contributed by atoms with Crippen LogP contribution in [0.5, 0.6) is 0 Å². The van der Waals surface area contributed by atoms with E-state index in [0.29, 0.717) is 10.6 Å². The van der Waals surface area contributed by atoms with Crippen LogP contribution in [-0.2, 0) is 32.6 Å². The minimum Gasteiger partial charge on any atom is -0.352 e. The largest absolute Gasteiger partial charge is 0.352 e. The second-order valence-electron chi connectivity index (χ2n) is 11.4. The average Bonchev–Trinajstić information content (AvgIpc) is 3.58. The van der Waals surface area contributed by atoms with Gasteiger partial charge < -0.3 is 10.2 Å². The maximum atomic E-state index is 14.6. The molecule has 0 aliphatic heterocycles. The SMILES string of the molecule is O=C(NC1CCCC1)[C@H](Cc1ccccc1)N(Cc1ccc(Cl)c(Cl)c1)C(=O)CN(c1cc(Cl)ccc1Cl)S(=O)(=O)c1ccccc1. The average molecular weight is 734 g/mol. The molecule has 0 aromatic heterocycles. The fourth-order valence-electron chi connectivity index (χ4n) is 5.67. The first-order valence-corrected chi connectivity index (χ1v) is 18.1. The number of anilines is 1. The van der Waals surface area contributed by atoms with Crippen LogP contribution in [0.25, 0.3) is 0 Å². The number of carbonyl (C=O) groups is 2. The van der Waals surface area contributed by atoms with Crippen LogP contribution in [0.3, 0.4) is 0 Å². The monoisotopic (exact) mass is 731 g/mol. The number of sulfonamides is 1. The molecule has 1 fully saturated rings. The summed E-state index contributed by atoms with van der Waals surface area (Å²) in [6.45, 7) is -0.714. The van der Waals surface area contributed by atoms with E-state index in [0.717, 1.165) is 35.6 Å².